The third-order valence-electron chi connectivity index (χ3n) is 6.27. The molecule has 2 aliphatic heterocycles. The molecule has 4 rings (SSSR count). The summed E-state index contributed by atoms with van der Waals surface area (Å²) in [7, 11) is 0. The molecule has 5 heteroatoms. The Morgan fingerprint density at radius 1 is 1.26 bits per heavy atom. The van der Waals surface area contributed by atoms with Gasteiger partial charge in [0.15, 0.2) is 0 Å². The minimum atomic E-state index is -0.160. The van der Waals surface area contributed by atoms with E-state index in [9.17, 15) is 9.59 Å². The lowest BCUT2D eigenvalue weighted by molar-refractivity contribution is -0.139. The molecule has 1 aromatic carbocycles. The summed E-state index contributed by atoms with van der Waals surface area (Å²) in [6.07, 6.45) is 7.64. The number of rotatable bonds is 5. The van der Waals surface area contributed by atoms with Gasteiger partial charge in [-0.05, 0) is 43.7 Å². The molecule has 1 N–H and O–H groups in total. The van der Waals surface area contributed by atoms with E-state index in [0.29, 0.717) is 25.6 Å². The summed E-state index contributed by atoms with van der Waals surface area (Å²) in [5.74, 6) is 0.162. The van der Waals surface area contributed by atoms with E-state index in [1.165, 1.54) is 17.4 Å². The molecule has 0 bridgehead atoms. The highest BCUT2D eigenvalue weighted by Gasteiger charge is 2.38. The van der Waals surface area contributed by atoms with E-state index in [2.05, 4.69) is 28.9 Å². The zero-order chi connectivity index (χ0) is 18.8. The van der Waals surface area contributed by atoms with Crippen LogP contribution in [0.2, 0.25) is 0 Å². The maximum absolute atomic E-state index is 13.0. The number of H-pyrrole nitrogens is 1. The maximum Gasteiger partial charge on any atom is 0.228 e. The van der Waals surface area contributed by atoms with Gasteiger partial charge < -0.3 is 14.8 Å². The van der Waals surface area contributed by atoms with E-state index < -0.39 is 0 Å². The van der Waals surface area contributed by atoms with Crippen molar-refractivity contribution in [1.29, 1.82) is 0 Å². The molecular formula is C22H29N3O2. The summed E-state index contributed by atoms with van der Waals surface area (Å²) in [4.78, 5) is 32.7. The number of carbonyl (C=O) groups is 2. The lowest BCUT2D eigenvalue weighted by Crippen LogP contribution is -2.46. The quantitative estimate of drug-likeness (QED) is 0.881. The summed E-state index contributed by atoms with van der Waals surface area (Å²) < 4.78 is 0. The number of hydrogen-bond acceptors (Lipinski definition) is 2. The molecule has 5 nitrogen and oxygen atoms in total. The molecule has 0 saturated carbocycles. The second-order valence-electron chi connectivity index (χ2n) is 7.94. The predicted molar refractivity (Wildman–Crippen MR) is 106 cm³/mol. The fourth-order valence-corrected chi connectivity index (χ4v) is 4.70. The van der Waals surface area contributed by atoms with Crippen LogP contribution in [-0.4, -0.2) is 52.3 Å². The minimum absolute atomic E-state index is 0.123. The van der Waals surface area contributed by atoms with Gasteiger partial charge in [0.1, 0.15) is 0 Å². The van der Waals surface area contributed by atoms with Gasteiger partial charge in [-0.3, -0.25) is 9.59 Å². The standard InChI is InChI=1S/C22H29N3O2/c1-2-18-7-5-6-11-25(18)22(27)17-13-21(26)24(15-17)12-10-16-14-23-20-9-4-3-8-19(16)20/h3-4,8-9,14,17-18,23H,2,5-7,10-13,15H2,1H3. The average molecular weight is 367 g/mol. The van der Waals surface area contributed by atoms with Crippen molar-refractivity contribution in [3.63, 3.8) is 0 Å². The highest BCUT2D eigenvalue weighted by atomic mass is 16.2. The summed E-state index contributed by atoms with van der Waals surface area (Å²) in [5.41, 5.74) is 2.36. The highest BCUT2D eigenvalue weighted by Crippen LogP contribution is 2.27. The molecule has 1 aromatic heterocycles. The fourth-order valence-electron chi connectivity index (χ4n) is 4.70. The second-order valence-corrected chi connectivity index (χ2v) is 7.94. The lowest BCUT2D eigenvalue weighted by Gasteiger charge is -2.36. The molecule has 27 heavy (non-hydrogen) atoms. The Labute approximate surface area is 160 Å². The van der Waals surface area contributed by atoms with Crippen molar-refractivity contribution in [1.82, 2.24) is 14.8 Å². The number of aromatic amines is 1. The van der Waals surface area contributed by atoms with Crippen LogP contribution in [-0.2, 0) is 16.0 Å². The largest absolute Gasteiger partial charge is 0.361 e. The predicted octanol–water partition coefficient (Wildman–Crippen LogP) is 3.35. The molecule has 2 amide bonds. The number of likely N-dealkylation sites (tertiary alicyclic amines) is 2. The van der Waals surface area contributed by atoms with Gasteiger partial charge in [-0.1, -0.05) is 25.1 Å². The Morgan fingerprint density at radius 3 is 2.96 bits per heavy atom. The zero-order valence-corrected chi connectivity index (χ0v) is 16.1. The van der Waals surface area contributed by atoms with Crippen LogP contribution < -0.4 is 0 Å². The fraction of sp³-hybridized carbons (Fsp3) is 0.545. The van der Waals surface area contributed by atoms with Crippen molar-refractivity contribution in [2.24, 2.45) is 5.92 Å². The summed E-state index contributed by atoms with van der Waals surface area (Å²) >= 11 is 0. The molecule has 3 heterocycles. The Hall–Kier alpha value is -2.30. The number of fused-ring (bicyclic) bond motifs is 1. The number of nitrogens with zero attached hydrogens (tertiary/aromatic N) is 2. The van der Waals surface area contributed by atoms with Gasteiger partial charge in [-0.15, -0.1) is 0 Å². The van der Waals surface area contributed by atoms with Crippen molar-refractivity contribution in [2.45, 2.75) is 51.5 Å². The summed E-state index contributed by atoms with van der Waals surface area (Å²) in [6.45, 7) is 4.27. The number of aromatic nitrogens is 1. The van der Waals surface area contributed by atoms with E-state index in [4.69, 9.17) is 0 Å². The van der Waals surface area contributed by atoms with Crippen LogP contribution in [0.3, 0.4) is 0 Å². The van der Waals surface area contributed by atoms with Gasteiger partial charge in [-0.2, -0.15) is 0 Å². The third kappa shape index (κ3) is 3.60. The average Bonchev–Trinajstić information content (AvgIpc) is 3.29. The van der Waals surface area contributed by atoms with Gasteiger partial charge in [0.2, 0.25) is 11.8 Å². The van der Waals surface area contributed by atoms with Crippen LogP contribution >= 0.6 is 0 Å². The first-order chi connectivity index (χ1) is 13.2. The first kappa shape index (κ1) is 18.1. The van der Waals surface area contributed by atoms with Crippen LogP contribution in [0.1, 0.15) is 44.6 Å². The lowest BCUT2D eigenvalue weighted by atomic mass is 9.97. The second kappa shape index (κ2) is 7.75. The Morgan fingerprint density at radius 2 is 2.11 bits per heavy atom. The Kier molecular flexibility index (Phi) is 5.19. The number of benzene rings is 1. The van der Waals surface area contributed by atoms with Crippen molar-refractivity contribution in [3.05, 3.63) is 36.0 Å². The minimum Gasteiger partial charge on any atom is -0.361 e. The molecule has 2 saturated heterocycles. The normalized spacial score (nSPS) is 23.4. The van der Waals surface area contributed by atoms with Crippen molar-refractivity contribution in [3.8, 4) is 0 Å². The first-order valence-electron chi connectivity index (χ1n) is 10.3. The van der Waals surface area contributed by atoms with Crippen LogP contribution in [0.4, 0.5) is 0 Å². The Balaban J connectivity index is 1.38. The van der Waals surface area contributed by atoms with Crippen molar-refractivity contribution < 1.29 is 9.59 Å². The third-order valence-corrected chi connectivity index (χ3v) is 6.27. The molecule has 0 aliphatic carbocycles. The van der Waals surface area contributed by atoms with E-state index in [1.54, 1.807) is 0 Å². The smallest absolute Gasteiger partial charge is 0.228 e. The van der Waals surface area contributed by atoms with Crippen molar-refractivity contribution in [2.75, 3.05) is 19.6 Å². The number of para-hydroxylation sites is 1. The van der Waals surface area contributed by atoms with Gasteiger partial charge >= 0.3 is 0 Å². The van der Waals surface area contributed by atoms with Gasteiger partial charge in [0, 0.05) is 49.2 Å². The molecular weight excluding hydrogens is 338 g/mol. The number of amides is 2. The summed E-state index contributed by atoms with van der Waals surface area (Å²) in [6, 6.07) is 8.60. The van der Waals surface area contributed by atoms with E-state index in [0.717, 1.165) is 37.7 Å². The number of nitrogens with one attached hydrogen (secondary N) is 1. The Bertz CT molecular complexity index is 828. The summed E-state index contributed by atoms with van der Waals surface area (Å²) in [5, 5.41) is 1.22. The van der Waals surface area contributed by atoms with E-state index >= 15 is 0 Å². The van der Waals surface area contributed by atoms with Gasteiger partial charge in [0.05, 0.1) is 5.92 Å². The number of carbonyl (C=O) groups excluding carboxylic acids is 2. The topological polar surface area (TPSA) is 56.4 Å². The molecule has 2 unspecified atom stereocenters. The molecule has 2 fully saturated rings. The number of hydrogen-bond donors (Lipinski definition) is 1. The van der Waals surface area contributed by atoms with E-state index in [1.807, 2.05) is 23.2 Å². The van der Waals surface area contributed by atoms with Crippen LogP contribution in [0.5, 0.6) is 0 Å². The zero-order valence-electron chi connectivity index (χ0n) is 16.1. The highest BCUT2D eigenvalue weighted by molar-refractivity contribution is 5.89. The molecule has 2 atom stereocenters. The maximum atomic E-state index is 13.0. The van der Waals surface area contributed by atoms with Crippen molar-refractivity contribution >= 4 is 22.7 Å². The van der Waals surface area contributed by atoms with Gasteiger partial charge in [0.25, 0.3) is 0 Å². The van der Waals surface area contributed by atoms with Gasteiger partial charge in [-0.25, -0.2) is 0 Å². The molecule has 0 spiro atoms. The molecule has 144 valence electrons. The number of piperidine rings is 1. The van der Waals surface area contributed by atoms with E-state index in [-0.39, 0.29) is 17.7 Å². The molecule has 2 aliphatic rings. The monoisotopic (exact) mass is 367 g/mol. The van der Waals surface area contributed by atoms with Crippen LogP contribution in [0, 0.1) is 5.92 Å². The molecule has 2 aromatic rings. The molecule has 0 radical (unpaired) electrons. The van der Waals surface area contributed by atoms with Crippen LogP contribution in [0.25, 0.3) is 10.9 Å². The van der Waals surface area contributed by atoms with Crippen LogP contribution in [0.15, 0.2) is 30.5 Å². The first-order valence-corrected chi connectivity index (χ1v) is 10.3. The SMILES string of the molecule is CCC1CCCCN1C(=O)C1CC(=O)N(CCc2c[nH]c3ccccc23)C1.